The van der Waals surface area contributed by atoms with Crippen LogP contribution in [-0.4, -0.2) is 55.6 Å². The Morgan fingerprint density at radius 1 is 0.278 bits per heavy atom. The number of benzene rings is 17. The maximum atomic E-state index is 11.1. The average Bonchev–Trinajstić information content (AvgIpc) is 0.767. The number of hydrogen-bond acceptors (Lipinski definition) is 10. The molecule has 17 rings (SSSR count). The van der Waals surface area contributed by atoms with Crippen molar-refractivity contribution in [3.05, 3.63) is 444 Å². The third kappa shape index (κ3) is 33.4. The Bertz CT molecular complexity index is 6190. The summed E-state index contributed by atoms with van der Waals surface area (Å²) in [5.41, 5.74) is 15.0. The molecule has 25 heteroatoms. The van der Waals surface area contributed by atoms with Crippen molar-refractivity contribution >= 4 is 210 Å². The molecule has 0 unspecified atom stereocenters. The van der Waals surface area contributed by atoms with Crippen LogP contribution in [0.1, 0.15) is 50.1 Å². The molecule has 126 heavy (non-hydrogen) atoms. The first-order valence-electron chi connectivity index (χ1n) is 38.3. The van der Waals surface area contributed by atoms with Crippen molar-refractivity contribution in [1.82, 2.24) is 0 Å². The number of halogens is 10. The molecule has 0 fully saturated rings. The number of aromatic hydroxyl groups is 5. The first-order valence-corrected chi connectivity index (χ1v) is 66.6. The molecule has 0 amide bonds. The standard InChI is InChI=1S/C25H19NO.C23H17NO.2C18H15NO.C17H13NO.4BrH.6ClH.5Ti/c27-25-22(19-11-4-1-5-12-19)17-10-18-23(25)24(20-13-6-2-7-14-20)26-21-15-8-3-9-16-21;25-21-16-15-17-9-7-8-14-20(17)22(21)23(18-10-3-1-4-11-18)24-19-12-5-2-6-13-19;2*1-13-6-4-9-15(18(13)20)12-19-17-11-5-8-14-7-2-3-10-16(14)17;19-17-11-4-2-7-14(17)12-18-16-10-5-8-13-6-1-3-9-15(13)16;;;;;;;;;;;;;;;/h1-18,27H;1-16,25H;2*2-12,20H,1H3;1-12,19H;10*1H;;;;;/q;;;;;;;;;;;;;;;5*+2/p-10. The van der Waals surface area contributed by atoms with Gasteiger partial charge in [0.2, 0.25) is 0 Å². The van der Waals surface area contributed by atoms with Gasteiger partial charge < -0.3 is 25.5 Å². The number of para-hydroxylation sites is 6. The number of rotatable bonds is 13. The Kier molecular flexibility index (Phi) is 49.0. The van der Waals surface area contributed by atoms with Crippen LogP contribution in [0.2, 0.25) is 0 Å². The van der Waals surface area contributed by atoms with Crippen LogP contribution in [0.5, 0.6) is 28.7 Å². The fourth-order valence-corrected chi connectivity index (χ4v) is 12.6. The van der Waals surface area contributed by atoms with E-state index in [4.69, 9.17) is 65.8 Å². The number of fused-ring (bicyclic) bond motifs is 4. The van der Waals surface area contributed by atoms with Crippen molar-refractivity contribution in [2.24, 2.45) is 25.0 Å². The van der Waals surface area contributed by atoms with E-state index in [1.54, 1.807) is 36.8 Å². The van der Waals surface area contributed by atoms with Gasteiger partial charge in [0.15, 0.2) is 0 Å². The van der Waals surface area contributed by atoms with Gasteiger partial charge in [-0.25, -0.2) is 9.98 Å². The van der Waals surface area contributed by atoms with Crippen molar-refractivity contribution in [1.29, 1.82) is 0 Å². The second kappa shape index (κ2) is 59.5. The van der Waals surface area contributed by atoms with Crippen LogP contribution in [0.25, 0.3) is 54.2 Å². The Balaban J connectivity index is 0.000000188. The molecule has 0 saturated carbocycles. The molecule has 0 atom stereocenters. The van der Waals surface area contributed by atoms with E-state index in [1.807, 2.05) is 341 Å². The van der Waals surface area contributed by atoms with Gasteiger partial charge in [0, 0.05) is 73.7 Å². The van der Waals surface area contributed by atoms with Crippen molar-refractivity contribution in [3.63, 3.8) is 0 Å². The van der Waals surface area contributed by atoms with Gasteiger partial charge in [0.05, 0.1) is 45.4 Å². The molecule has 0 bridgehead atoms. The number of aryl methyl sites for hydroxylation is 2. The van der Waals surface area contributed by atoms with Crippen molar-refractivity contribution in [2.45, 2.75) is 13.8 Å². The minimum absolute atomic E-state index is 0.125. The molecule has 17 aromatic carbocycles. The number of phenolic OH excluding ortho intramolecular Hbond substituents is 5. The van der Waals surface area contributed by atoms with Gasteiger partial charge >= 0.3 is 190 Å². The predicted molar refractivity (Wildman–Crippen MR) is 534 cm³/mol. The fraction of sp³-hybridized carbons (Fsp3) is 0.0198. The van der Waals surface area contributed by atoms with Crippen LogP contribution in [0.15, 0.2) is 419 Å². The van der Waals surface area contributed by atoms with Crippen molar-refractivity contribution < 1.29 is 107 Å². The number of hydrogen-bond donors (Lipinski definition) is 5. The topological polar surface area (TPSA) is 163 Å². The van der Waals surface area contributed by atoms with Gasteiger partial charge in [0.1, 0.15) is 28.7 Å². The van der Waals surface area contributed by atoms with Gasteiger partial charge in [0.25, 0.3) is 0 Å². The maximum absolute atomic E-state index is 11.1. The van der Waals surface area contributed by atoms with Gasteiger partial charge in [-0.3, -0.25) is 15.0 Å². The summed E-state index contributed by atoms with van der Waals surface area (Å²) >= 11 is 11.3. The van der Waals surface area contributed by atoms with Crippen molar-refractivity contribution in [3.8, 4) is 39.9 Å². The molecule has 0 heterocycles. The van der Waals surface area contributed by atoms with Crippen LogP contribution >= 0.6 is 108 Å². The van der Waals surface area contributed by atoms with Crippen LogP contribution in [-0.2, 0) is 81.0 Å². The minimum atomic E-state index is -0.556. The second-order valence-electron chi connectivity index (χ2n) is 26.3. The molecule has 5 N–H and O–H groups in total. The van der Waals surface area contributed by atoms with Crippen LogP contribution in [0.3, 0.4) is 0 Å². The zero-order valence-electron chi connectivity index (χ0n) is 67.5. The van der Waals surface area contributed by atoms with Gasteiger partial charge in [-0.05, 0) is 136 Å². The Morgan fingerprint density at radius 3 is 0.992 bits per heavy atom. The molecular formula is C101H79Br4Cl6N5O5Ti5. The summed E-state index contributed by atoms with van der Waals surface area (Å²) in [6.45, 7) is 3.76. The molecule has 0 aromatic heterocycles. The Hall–Kier alpha value is -7.64. The SMILES string of the molecule is Cc1cccc(C=Nc2cccc3ccccc23)c1O.Cc1cccc(C=Nc2cccc3ccccc23)c1O.Oc1c(C(=Nc2ccccc2)c2ccccc2)cccc1-c1ccccc1.Oc1ccc2ccccc2c1C(=Nc1ccccc1)c1ccccc1.Oc1ccccc1C=Nc1cccc2ccccc12.[Br][Ti][Br].[Br][Ti][Br].[Cl][Ti][Cl].[Cl][Ti][Cl].[Cl][Ti][Cl]. The average molecular weight is 2210 g/mol. The number of nitrogens with zero attached hydrogens (tertiary/aromatic N) is 5. The van der Waals surface area contributed by atoms with E-state index in [-0.39, 0.29) is 58.7 Å². The first kappa shape index (κ1) is 104. The zero-order valence-corrected chi connectivity index (χ0v) is 86.2. The molecule has 0 aliphatic rings. The third-order valence-electron chi connectivity index (χ3n) is 18.4. The first-order chi connectivity index (χ1) is 61.6. The monoisotopic (exact) mass is 2210 g/mol. The predicted octanol–water partition coefficient (Wildman–Crippen LogP) is 33.0. The summed E-state index contributed by atoms with van der Waals surface area (Å²) in [7, 11) is 29.3. The van der Waals surface area contributed by atoms with E-state index in [0.717, 1.165) is 139 Å². The van der Waals surface area contributed by atoms with E-state index in [9.17, 15) is 25.5 Å². The molecule has 628 valence electrons. The molecular weight excluding hydrogens is 2130 g/mol. The summed E-state index contributed by atoms with van der Waals surface area (Å²) in [4.78, 5) is 23.2. The van der Waals surface area contributed by atoms with Gasteiger partial charge in [-0.1, -0.05) is 315 Å². The van der Waals surface area contributed by atoms with E-state index in [2.05, 4.69) is 116 Å². The van der Waals surface area contributed by atoms with Gasteiger partial charge in [-0.2, -0.15) is 0 Å². The molecule has 10 nitrogen and oxygen atoms in total. The van der Waals surface area contributed by atoms with Crippen LogP contribution in [0, 0.1) is 13.8 Å². The molecule has 0 aliphatic heterocycles. The summed E-state index contributed by atoms with van der Waals surface area (Å²) in [6, 6.07) is 128. The van der Waals surface area contributed by atoms with Crippen molar-refractivity contribution in [2.75, 3.05) is 0 Å². The Labute approximate surface area is 828 Å². The third-order valence-corrected chi connectivity index (χ3v) is 18.4. The Morgan fingerprint density at radius 2 is 0.579 bits per heavy atom. The summed E-state index contributed by atoms with van der Waals surface area (Å²) in [5.74, 6) is 1.29. The zero-order chi connectivity index (χ0) is 90.1. The molecule has 0 saturated heterocycles. The van der Waals surface area contributed by atoms with Gasteiger partial charge in [-0.15, -0.1) is 0 Å². The van der Waals surface area contributed by atoms with E-state index >= 15 is 0 Å². The summed E-state index contributed by atoms with van der Waals surface area (Å²) < 4.78 is 0. The van der Waals surface area contributed by atoms with E-state index in [1.165, 1.54) is 0 Å². The molecule has 17 aromatic rings. The van der Waals surface area contributed by atoms with Crippen LogP contribution in [0.4, 0.5) is 28.4 Å². The van der Waals surface area contributed by atoms with E-state index in [0.29, 0.717) is 5.56 Å². The quantitative estimate of drug-likeness (QED) is 0.0572. The number of aliphatic imine (C=N–C) groups is 5. The normalized spacial score (nSPS) is 10.5. The van der Waals surface area contributed by atoms with Crippen LogP contribution < -0.4 is 0 Å². The molecule has 0 aliphatic carbocycles. The molecule has 0 radical (unpaired) electrons. The fourth-order valence-electron chi connectivity index (χ4n) is 12.6. The number of phenols is 5. The second-order valence-corrected chi connectivity index (χ2v) is 49.8. The summed E-state index contributed by atoms with van der Waals surface area (Å²) in [5, 5.41) is 60.3. The molecule has 0 spiro atoms. The van der Waals surface area contributed by atoms with E-state index < -0.39 is 51.1 Å². The summed E-state index contributed by atoms with van der Waals surface area (Å²) in [6.07, 6.45) is 5.12.